The molecule has 0 spiro atoms. The van der Waals surface area contributed by atoms with Gasteiger partial charge in [-0.15, -0.1) is 30.4 Å². The third-order valence-corrected chi connectivity index (χ3v) is 3.04. The fourth-order valence-corrected chi connectivity index (χ4v) is 1.94. The number of halogens is 1. The molecule has 8 nitrogen and oxygen atoms in total. The number of rotatable bonds is 6. The van der Waals surface area contributed by atoms with E-state index < -0.39 is 11.7 Å². The molecule has 0 atom stereocenters. The molecule has 0 fully saturated rings. The Kier molecular flexibility index (Phi) is 11.7. The maximum atomic E-state index is 12.0. The zero-order valence-corrected chi connectivity index (χ0v) is 18.9. The van der Waals surface area contributed by atoms with Crippen LogP contribution in [-0.2, 0) is 9.53 Å². The molecule has 0 aliphatic heterocycles. The largest absolute Gasteiger partial charge is 0.444 e. The lowest BCUT2D eigenvalue weighted by Crippen LogP contribution is -2.44. The first-order chi connectivity index (χ1) is 12.7. The Labute approximate surface area is 183 Å². The zero-order chi connectivity index (χ0) is 20.3. The highest BCUT2D eigenvalue weighted by molar-refractivity contribution is 14.0. The topological polar surface area (TPSA) is 104 Å². The second kappa shape index (κ2) is 12.8. The number of benzene rings is 1. The Morgan fingerprint density at radius 3 is 2.46 bits per heavy atom. The van der Waals surface area contributed by atoms with Gasteiger partial charge in [0, 0.05) is 31.4 Å². The van der Waals surface area contributed by atoms with Gasteiger partial charge in [0.1, 0.15) is 5.60 Å². The van der Waals surface area contributed by atoms with Crippen LogP contribution in [-0.4, -0.2) is 50.2 Å². The summed E-state index contributed by atoms with van der Waals surface area (Å²) in [4.78, 5) is 27.6. The number of nitrogens with one attached hydrogen (secondary N) is 4. The predicted molar refractivity (Wildman–Crippen MR) is 122 cm³/mol. The minimum absolute atomic E-state index is 0. The van der Waals surface area contributed by atoms with Crippen LogP contribution < -0.4 is 21.3 Å². The number of hydrogen-bond acceptors (Lipinski definition) is 4. The number of ether oxygens (including phenoxy) is 1. The van der Waals surface area contributed by atoms with Gasteiger partial charge in [0.05, 0.1) is 6.54 Å². The first kappa shape index (κ1) is 25.5. The second-order valence-corrected chi connectivity index (χ2v) is 6.55. The van der Waals surface area contributed by atoms with E-state index in [4.69, 9.17) is 11.2 Å². The van der Waals surface area contributed by atoms with Gasteiger partial charge in [-0.1, -0.05) is 12.0 Å². The van der Waals surface area contributed by atoms with Crippen molar-refractivity contribution < 1.29 is 14.3 Å². The SMILES string of the molecule is C#Cc1cccc(NC(=O)CNC(=NC)NCCNC(=O)OC(C)(C)C)c1.I. The fourth-order valence-electron chi connectivity index (χ4n) is 1.94. The third-order valence-electron chi connectivity index (χ3n) is 3.04. The number of guanidine groups is 1. The van der Waals surface area contributed by atoms with E-state index in [1.165, 1.54) is 0 Å². The zero-order valence-electron chi connectivity index (χ0n) is 16.6. The van der Waals surface area contributed by atoms with E-state index >= 15 is 0 Å². The number of hydrogen-bond donors (Lipinski definition) is 4. The van der Waals surface area contributed by atoms with Crippen molar-refractivity contribution in [1.29, 1.82) is 0 Å². The van der Waals surface area contributed by atoms with Crippen LogP contribution in [0.5, 0.6) is 0 Å². The molecule has 0 radical (unpaired) electrons. The van der Waals surface area contributed by atoms with Crippen molar-refractivity contribution in [2.75, 3.05) is 32.0 Å². The normalized spacial score (nSPS) is 10.8. The molecule has 0 saturated carbocycles. The van der Waals surface area contributed by atoms with Crippen molar-refractivity contribution >= 4 is 47.6 Å². The summed E-state index contributed by atoms with van der Waals surface area (Å²) in [6.45, 7) is 6.18. The van der Waals surface area contributed by atoms with E-state index in [-0.39, 0.29) is 36.4 Å². The van der Waals surface area contributed by atoms with Crippen LogP contribution in [0.25, 0.3) is 0 Å². The molecule has 28 heavy (non-hydrogen) atoms. The van der Waals surface area contributed by atoms with Crippen LogP contribution in [0.3, 0.4) is 0 Å². The summed E-state index contributed by atoms with van der Waals surface area (Å²) >= 11 is 0. The minimum atomic E-state index is -0.539. The summed E-state index contributed by atoms with van der Waals surface area (Å²) in [6.07, 6.45) is 4.85. The Bertz CT molecular complexity index is 723. The van der Waals surface area contributed by atoms with Gasteiger partial charge in [0.25, 0.3) is 0 Å². The first-order valence-corrected chi connectivity index (χ1v) is 8.51. The van der Waals surface area contributed by atoms with Crippen molar-refractivity contribution in [3.05, 3.63) is 29.8 Å². The van der Waals surface area contributed by atoms with Crippen LogP contribution in [0.2, 0.25) is 0 Å². The molecule has 0 aromatic heterocycles. The summed E-state index contributed by atoms with van der Waals surface area (Å²) < 4.78 is 5.13. The lowest BCUT2D eigenvalue weighted by molar-refractivity contribution is -0.115. The number of terminal acetylenes is 1. The molecule has 2 amide bonds. The lowest BCUT2D eigenvalue weighted by Gasteiger charge is -2.19. The molecule has 1 aromatic carbocycles. The van der Waals surface area contributed by atoms with E-state index in [9.17, 15) is 9.59 Å². The minimum Gasteiger partial charge on any atom is -0.444 e. The Morgan fingerprint density at radius 1 is 1.18 bits per heavy atom. The number of amides is 2. The van der Waals surface area contributed by atoms with E-state index in [0.717, 1.165) is 0 Å². The van der Waals surface area contributed by atoms with Crippen LogP contribution in [0.1, 0.15) is 26.3 Å². The molecule has 9 heteroatoms. The highest BCUT2D eigenvalue weighted by atomic mass is 127. The Hall–Kier alpha value is -2.48. The van der Waals surface area contributed by atoms with E-state index in [0.29, 0.717) is 30.3 Å². The molecular formula is C19H28IN5O3. The van der Waals surface area contributed by atoms with Crippen LogP contribution >= 0.6 is 24.0 Å². The summed E-state index contributed by atoms with van der Waals surface area (Å²) in [5.74, 6) is 2.72. The summed E-state index contributed by atoms with van der Waals surface area (Å²) in [6, 6.07) is 7.03. The number of carbonyl (C=O) groups is 2. The van der Waals surface area contributed by atoms with Gasteiger partial charge in [0.15, 0.2) is 5.96 Å². The maximum absolute atomic E-state index is 12.0. The quantitative estimate of drug-likeness (QED) is 0.157. The molecule has 4 N–H and O–H groups in total. The number of carbonyl (C=O) groups excluding carboxylic acids is 2. The van der Waals surface area contributed by atoms with Gasteiger partial charge in [-0.2, -0.15) is 0 Å². The smallest absolute Gasteiger partial charge is 0.407 e. The molecule has 1 aromatic rings. The monoisotopic (exact) mass is 501 g/mol. The average molecular weight is 501 g/mol. The van der Waals surface area contributed by atoms with Gasteiger partial charge in [-0.25, -0.2) is 4.79 Å². The van der Waals surface area contributed by atoms with Crippen molar-refractivity contribution in [2.45, 2.75) is 26.4 Å². The van der Waals surface area contributed by atoms with Crippen molar-refractivity contribution in [1.82, 2.24) is 16.0 Å². The Balaban J connectivity index is 0.00000729. The predicted octanol–water partition coefficient (Wildman–Crippen LogP) is 1.91. The van der Waals surface area contributed by atoms with E-state index in [2.05, 4.69) is 32.2 Å². The number of anilines is 1. The molecule has 0 saturated heterocycles. The fraction of sp³-hybridized carbons (Fsp3) is 0.421. The molecule has 0 aliphatic rings. The van der Waals surface area contributed by atoms with Gasteiger partial charge < -0.3 is 26.0 Å². The molecule has 1 rings (SSSR count). The van der Waals surface area contributed by atoms with Crippen LogP contribution in [0.15, 0.2) is 29.3 Å². The third kappa shape index (κ3) is 11.3. The van der Waals surface area contributed by atoms with Crippen molar-refractivity contribution in [3.63, 3.8) is 0 Å². The second-order valence-electron chi connectivity index (χ2n) is 6.55. The highest BCUT2D eigenvalue weighted by Gasteiger charge is 2.15. The van der Waals surface area contributed by atoms with Crippen molar-refractivity contribution in [3.8, 4) is 12.3 Å². The average Bonchev–Trinajstić information content (AvgIpc) is 2.59. The summed E-state index contributed by atoms with van der Waals surface area (Å²) in [5.41, 5.74) is 0.778. The highest BCUT2D eigenvalue weighted by Crippen LogP contribution is 2.09. The van der Waals surface area contributed by atoms with Crippen LogP contribution in [0.4, 0.5) is 10.5 Å². The van der Waals surface area contributed by atoms with Gasteiger partial charge in [0.2, 0.25) is 5.91 Å². The van der Waals surface area contributed by atoms with Gasteiger partial charge in [-0.05, 0) is 39.0 Å². The molecule has 0 heterocycles. The summed E-state index contributed by atoms with van der Waals surface area (Å²) in [5, 5.41) is 11.2. The Morgan fingerprint density at radius 2 is 1.86 bits per heavy atom. The first-order valence-electron chi connectivity index (χ1n) is 8.51. The van der Waals surface area contributed by atoms with Crippen molar-refractivity contribution in [2.24, 2.45) is 4.99 Å². The molecule has 0 aliphatic carbocycles. The number of nitrogens with zero attached hydrogens (tertiary/aromatic N) is 1. The molecule has 0 unspecified atom stereocenters. The number of alkyl carbamates (subject to hydrolysis) is 1. The molecular weight excluding hydrogens is 473 g/mol. The van der Waals surface area contributed by atoms with Gasteiger partial charge in [-0.3, -0.25) is 9.79 Å². The number of aliphatic imine (C=N–C) groups is 1. The van der Waals surface area contributed by atoms with E-state index in [1.807, 2.05) is 0 Å². The lowest BCUT2D eigenvalue weighted by atomic mass is 10.2. The standard InChI is InChI=1S/C19H27N5O3.HI/c1-6-14-8-7-9-15(12-14)24-16(25)13-23-17(20-5)21-10-11-22-18(26)27-19(2,3)4;/h1,7-9,12H,10-11,13H2,2-5H3,(H,22,26)(H,24,25)(H2,20,21,23);1H. The van der Waals surface area contributed by atoms with E-state index in [1.54, 1.807) is 52.1 Å². The van der Waals surface area contributed by atoms with Crippen LogP contribution in [0, 0.1) is 12.3 Å². The summed E-state index contributed by atoms with van der Waals surface area (Å²) in [7, 11) is 1.59. The molecule has 0 bridgehead atoms. The molecule has 154 valence electrons. The maximum Gasteiger partial charge on any atom is 0.407 e. The van der Waals surface area contributed by atoms with Gasteiger partial charge >= 0.3 is 6.09 Å².